The Kier molecular flexibility index (Phi) is 10.2. The molecule has 0 atom stereocenters. The molecule has 0 saturated heterocycles. The second-order valence-corrected chi connectivity index (χ2v) is 5.21. The number of amides is 1. The van der Waals surface area contributed by atoms with E-state index in [2.05, 4.69) is 36.1 Å². The quantitative estimate of drug-likeness (QED) is 0.301. The predicted molar refractivity (Wildman–Crippen MR) is 112 cm³/mol. The smallest absolute Gasteiger partial charge is 0.246 e. The first-order chi connectivity index (χ1) is 12.2. The van der Waals surface area contributed by atoms with E-state index >= 15 is 0 Å². The molecule has 2 aromatic rings. The number of hydrogen-bond donors (Lipinski definition) is 3. The van der Waals surface area contributed by atoms with E-state index in [1.165, 1.54) is 0 Å². The van der Waals surface area contributed by atoms with Gasteiger partial charge in [-0.2, -0.15) is 0 Å². The molecule has 0 saturated carbocycles. The zero-order chi connectivity index (χ0) is 17.9. The van der Waals surface area contributed by atoms with Gasteiger partial charge in [-0.25, -0.2) is 4.99 Å². The number of nitrogens with zero attached hydrogens (tertiary/aromatic N) is 5. The van der Waals surface area contributed by atoms with Crippen molar-refractivity contribution < 1.29 is 4.79 Å². The van der Waals surface area contributed by atoms with Gasteiger partial charge in [0.05, 0.1) is 11.9 Å². The number of rotatable bonds is 8. The Labute approximate surface area is 170 Å². The first-order valence-electron chi connectivity index (χ1n) is 8.31. The lowest BCUT2D eigenvalue weighted by Crippen LogP contribution is -2.39. The lowest BCUT2D eigenvalue weighted by molar-refractivity contribution is -0.114. The van der Waals surface area contributed by atoms with E-state index < -0.39 is 0 Å². The van der Waals surface area contributed by atoms with Crippen molar-refractivity contribution in [1.29, 1.82) is 0 Å². The van der Waals surface area contributed by atoms with Crippen molar-refractivity contribution in [2.24, 2.45) is 4.99 Å². The van der Waals surface area contributed by atoms with Gasteiger partial charge in [0, 0.05) is 32.3 Å². The van der Waals surface area contributed by atoms with Crippen LogP contribution in [0.15, 0.2) is 35.8 Å². The van der Waals surface area contributed by atoms with Crippen LogP contribution >= 0.6 is 24.0 Å². The van der Waals surface area contributed by atoms with E-state index in [1.54, 1.807) is 30.9 Å². The summed E-state index contributed by atoms with van der Waals surface area (Å²) < 4.78 is 1.99. The molecule has 142 valence electrons. The van der Waals surface area contributed by atoms with Crippen molar-refractivity contribution in [2.75, 3.05) is 25.0 Å². The molecule has 9 nitrogen and oxygen atoms in total. The van der Waals surface area contributed by atoms with Crippen LogP contribution in [0.25, 0.3) is 0 Å². The maximum Gasteiger partial charge on any atom is 0.246 e. The minimum absolute atomic E-state index is 0. The third-order valence-corrected chi connectivity index (χ3v) is 3.33. The standard InChI is InChI=1S/C16H24N8O.HI/c1-3-14-23-21-12-24(14)9-8-19-16(18-4-2)20-11-15(25)22-13-6-5-7-17-10-13;/h5-7,10,12H,3-4,8-9,11H2,1-2H3,(H,22,25)(H2,18,19,20);1H. The maximum absolute atomic E-state index is 11.9. The molecule has 0 aliphatic rings. The van der Waals surface area contributed by atoms with Gasteiger partial charge in [0.1, 0.15) is 18.7 Å². The molecule has 0 radical (unpaired) electrons. The molecule has 10 heteroatoms. The van der Waals surface area contributed by atoms with Gasteiger partial charge in [-0.3, -0.25) is 9.78 Å². The molecule has 0 unspecified atom stereocenters. The highest BCUT2D eigenvalue weighted by Gasteiger charge is 2.04. The first kappa shape index (κ1) is 21.8. The molecule has 0 aliphatic heterocycles. The van der Waals surface area contributed by atoms with E-state index in [0.29, 0.717) is 24.7 Å². The molecule has 2 heterocycles. The van der Waals surface area contributed by atoms with Crippen LogP contribution in [0.3, 0.4) is 0 Å². The number of aromatic nitrogens is 4. The van der Waals surface area contributed by atoms with E-state index in [0.717, 1.165) is 18.8 Å². The molecule has 0 bridgehead atoms. The summed E-state index contributed by atoms with van der Waals surface area (Å²) in [5.41, 5.74) is 0.653. The molecule has 0 aliphatic carbocycles. The summed E-state index contributed by atoms with van der Waals surface area (Å²) >= 11 is 0. The van der Waals surface area contributed by atoms with Gasteiger partial charge in [-0.1, -0.05) is 6.92 Å². The van der Waals surface area contributed by atoms with Gasteiger partial charge >= 0.3 is 0 Å². The zero-order valence-electron chi connectivity index (χ0n) is 15.0. The fraction of sp³-hybridized carbons (Fsp3) is 0.438. The summed E-state index contributed by atoms with van der Waals surface area (Å²) in [4.78, 5) is 20.2. The fourth-order valence-electron chi connectivity index (χ4n) is 2.16. The number of nitrogens with one attached hydrogen (secondary N) is 3. The van der Waals surface area contributed by atoms with Crippen LogP contribution in [0.5, 0.6) is 0 Å². The van der Waals surface area contributed by atoms with Crippen LogP contribution in [0, 0.1) is 0 Å². The molecule has 1 amide bonds. The van der Waals surface area contributed by atoms with Crippen LogP contribution < -0.4 is 16.0 Å². The number of hydrogen-bond acceptors (Lipinski definition) is 5. The second kappa shape index (κ2) is 12.2. The van der Waals surface area contributed by atoms with E-state index in [9.17, 15) is 4.79 Å². The van der Waals surface area contributed by atoms with Crippen molar-refractivity contribution in [1.82, 2.24) is 30.4 Å². The molecular weight excluding hydrogens is 447 g/mol. The molecule has 2 aromatic heterocycles. The molecule has 0 spiro atoms. The molecule has 2 rings (SSSR count). The van der Waals surface area contributed by atoms with Crippen LogP contribution in [0.2, 0.25) is 0 Å². The zero-order valence-corrected chi connectivity index (χ0v) is 17.3. The summed E-state index contributed by atoms with van der Waals surface area (Å²) in [6.45, 7) is 6.13. The number of carbonyl (C=O) groups excluding carboxylic acids is 1. The summed E-state index contributed by atoms with van der Waals surface area (Å²) in [6, 6.07) is 3.54. The Morgan fingerprint density at radius 2 is 2.15 bits per heavy atom. The number of carbonyl (C=O) groups is 1. The van der Waals surface area contributed by atoms with Crippen molar-refractivity contribution in [3.63, 3.8) is 0 Å². The van der Waals surface area contributed by atoms with Crippen LogP contribution in [0.1, 0.15) is 19.7 Å². The summed E-state index contributed by atoms with van der Waals surface area (Å²) in [5.74, 6) is 1.34. The van der Waals surface area contributed by atoms with Gasteiger partial charge in [0.15, 0.2) is 5.96 Å². The monoisotopic (exact) mass is 472 g/mol. The highest BCUT2D eigenvalue weighted by molar-refractivity contribution is 14.0. The molecule has 3 N–H and O–H groups in total. The molecule has 26 heavy (non-hydrogen) atoms. The maximum atomic E-state index is 11.9. The average molecular weight is 472 g/mol. The number of aliphatic imine (C=N–C) groups is 1. The highest BCUT2D eigenvalue weighted by Crippen LogP contribution is 2.01. The minimum atomic E-state index is -0.197. The number of anilines is 1. The third kappa shape index (κ3) is 7.33. The number of halogens is 1. The lowest BCUT2D eigenvalue weighted by atomic mass is 10.4. The Hall–Kier alpha value is -2.24. The Morgan fingerprint density at radius 3 is 2.85 bits per heavy atom. The summed E-state index contributed by atoms with van der Waals surface area (Å²) in [7, 11) is 0. The molecule has 0 fully saturated rings. The van der Waals surface area contributed by atoms with Gasteiger partial charge in [0.2, 0.25) is 5.91 Å². The fourth-order valence-corrected chi connectivity index (χ4v) is 2.16. The first-order valence-corrected chi connectivity index (χ1v) is 8.31. The molecular formula is C16H25IN8O. The van der Waals surface area contributed by atoms with Crippen molar-refractivity contribution >= 4 is 41.5 Å². The summed E-state index contributed by atoms with van der Waals surface area (Å²) in [5, 5.41) is 17.0. The van der Waals surface area contributed by atoms with Crippen LogP contribution in [0.4, 0.5) is 5.69 Å². The van der Waals surface area contributed by atoms with Crippen LogP contribution in [-0.4, -0.2) is 51.2 Å². The molecule has 0 aromatic carbocycles. The highest BCUT2D eigenvalue weighted by atomic mass is 127. The van der Waals surface area contributed by atoms with Crippen molar-refractivity contribution in [3.8, 4) is 0 Å². The second-order valence-electron chi connectivity index (χ2n) is 5.21. The SMILES string of the molecule is CCNC(=NCC(=O)Nc1cccnc1)NCCn1cnnc1CC.I. The average Bonchev–Trinajstić information content (AvgIpc) is 3.08. The number of aryl methyl sites for hydroxylation is 1. The Morgan fingerprint density at radius 1 is 1.31 bits per heavy atom. The normalized spacial score (nSPS) is 10.8. The van der Waals surface area contributed by atoms with E-state index in [-0.39, 0.29) is 36.4 Å². The predicted octanol–water partition coefficient (Wildman–Crippen LogP) is 1.05. The Bertz CT molecular complexity index is 689. The number of guanidine groups is 1. The van der Waals surface area contributed by atoms with E-state index in [1.807, 2.05) is 18.4 Å². The lowest BCUT2D eigenvalue weighted by Gasteiger charge is -2.12. The largest absolute Gasteiger partial charge is 0.357 e. The van der Waals surface area contributed by atoms with Gasteiger partial charge < -0.3 is 20.5 Å². The van der Waals surface area contributed by atoms with Gasteiger partial charge in [-0.15, -0.1) is 34.2 Å². The van der Waals surface area contributed by atoms with Gasteiger partial charge in [0.25, 0.3) is 0 Å². The van der Waals surface area contributed by atoms with Crippen molar-refractivity contribution in [3.05, 3.63) is 36.7 Å². The summed E-state index contributed by atoms with van der Waals surface area (Å²) in [6.07, 6.45) is 5.80. The van der Waals surface area contributed by atoms with Crippen LogP contribution in [-0.2, 0) is 17.8 Å². The minimum Gasteiger partial charge on any atom is -0.357 e. The number of pyridine rings is 1. The topological polar surface area (TPSA) is 109 Å². The van der Waals surface area contributed by atoms with E-state index in [4.69, 9.17) is 0 Å². The van der Waals surface area contributed by atoms with Gasteiger partial charge in [-0.05, 0) is 19.1 Å². The third-order valence-electron chi connectivity index (χ3n) is 3.33. The Balaban J connectivity index is 0.00000338. The van der Waals surface area contributed by atoms with Crippen molar-refractivity contribution in [2.45, 2.75) is 26.8 Å².